The average molecular weight is 276 g/mol. The Morgan fingerprint density at radius 3 is 2.60 bits per heavy atom. The normalized spacial score (nSPS) is 19.9. The van der Waals surface area contributed by atoms with Crippen LogP contribution in [0.25, 0.3) is 0 Å². The third-order valence-corrected chi connectivity index (χ3v) is 3.79. The summed E-state index contributed by atoms with van der Waals surface area (Å²) in [5, 5.41) is 12.6. The zero-order valence-corrected chi connectivity index (χ0v) is 12.6. The number of carbonyl (C=O) groups excluding carboxylic acids is 1. The number of hydrogen-bond donors (Lipinski definition) is 2. The lowest BCUT2D eigenvalue weighted by molar-refractivity contribution is -0.118. The number of anilines is 1. The first-order valence-corrected chi connectivity index (χ1v) is 7.24. The number of benzene rings is 1. The molecule has 0 bridgehead atoms. The van der Waals surface area contributed by atoms with E-state index in [9.17, 15) is 9.90 Å². The number of nitrogens with zero attached hydrogens (tertiary/aromatic N) is 1. The summed E-state index contributed by atoms with van der Waals surface area (Å²) in [6.45, 7) is 7.92. The summed E-state index contributed by atoms with van der Waals surface area (Å²) in [6, 6.07) is 4.15. The van der Waals surface area contributed by atoms with Crippen molar-refractivity contribution in [3.8, 4) is 0 Å². The largest absolute Gasteiger partial charge is 0.392 e. The fourth-order valence-corrected chi connectivity index (χ4v) is 2.93. The Morgan fingerprint density at radius 2 is 2.00 bits per heavy atom. The van der Waals surface area contributed by atoms with Gasteiger partial charge in [0.05, 0.1) is 12.6 Å². The minimum Gasteiger partial charge on any atom is -0.392 e. The van der Waals surface area contributed by atoms with E-state index in [4.69, 9.17) is 0 Å². The Bertz CT molecular complexity index is 476. The molecule has 4 heteroatoms. The van der Waals surface area contributed by atoms with E-state index in [1.54, 1.807) is 0 Å². The molecule has 0 saturated carbocycles. The molecule has 2 N–H and O–H groups in total. The standard InChI is InChI=1S/C16H24N2O2/c1-11-7-12(2)16(13(3)8-11)17-15(20)10-18-6-4-5-14(19)9-18/h7-8,14,19H,4-6,9-10H2,1-3H3,(H,17,20)/t14-/m0/s1. The molecule has 1 saturated heterocycles. The van der Waals surface area contributed by atoms with Crippen molar-refractivity contribution in [2.24, 2.45) is 0 Å². The van der Waals surface area contributed by atoms with E-state index in [2.05, 4.69) is 24.4 Å². The maximum Gasteiger partial charge on any atom is 0.238 e. The lowest BCUT2D eigenvalue weighted by Gasteiger charge is -2.29. The lowest BCUT2D eigenvalue weighted by Crippen LogP contribution is -2.42. The van der Waals surface area contributed by atoms with E-state index in [-0.39, 0.29) is 12.0 Å². The number of piperidine rings is 1. The molecule has 1 amide bonds. The van der Waals surface area contributed by atoms with Gasteiger partial charge >= 0.3 is 0 Å². The van der Waals surface area contributed by atoms with Crippen LogP contribution in [-0.4, -0.2) is 41.7 Å². The van der Waals surface area contributed by atoms with Crippen molar-refractivity contribution >= 4 is 11.6 Å². The zero-order valence-electron chi connectivity index (χ0n) is 12.6. The van der Waals surface area contributed by atoms with Crippen molar-refractivity contribution in [2.75, 3.05) is 25.0 Å². The van der Waals surface area contributed by atoms with Gasteiger partial charge in [-0.25, -0.2) is 0 Å². The topological polar surface area (TPSA) is 52.6 Å². The van der Waals surface area contributed by atoms with E-state index < -0.39 is 0 Å². The number of hydrogen-bond acceptors (Lipinski definition) is 3. The molecule has 1 atom stereocenters. The number of carbonyl (C=O) groups is 1. The van der Waals surface area contributed by atoms with Crippen LogP contribution in [0.5, 0.6) is 0 Å². The van der Waals surface area contributed by atoms with E-state index in [0.717, 1.165) is 36.2 Å². The van der Waals surface area contributed by atoms with Gasteiger partial charge in [-0.15, -0.1) is 0 Å². The second kappa shape index (κ2) is 6.37. The van der Waals surface area contributed by atoms with Crippen molar-refractivity contribution in [2.45, 2.75) is 39.7 Å². The van der Waals surface area contributed by atoms with Gasteiger partial charge in [0.15, 0.2) is 0 Å². The summed E-state index contributed by atoms with van der Waals surface area (Å²) in [5.41, 5.74) is 4.30. The van der Waals surface area contributed by atoms with Crippen LogP contribution < -0.4 is 5.32 Å². The molecule has 0 spiro atoms. The van der Waals surface area contributed by atoms with E-state index in [0.29, 0.717) is 13.1 Å². The van der Waals surface area contributed by atoms with Gasteiger partial charge in [-0.05, 0) is 51.3 Å². The number of aryl methyl sites for hydroxylation is 3. The average Bonchev–Trinajstić information content (AvgIpc) is 2.33. The van der Waals surface area contributed by atoms with E-state index >= 15 is 0 Å². The molecule has 0 aliphatic carbocycles. The van der Waals surface area contributed by atoms with E-state index in [1.807, 2.05) is 18.7 Å². The van der Waals surface area contributed by atoms with Gasteiger partial charge in [-0.3, -0.25) is 9.69 Å². The van der Waals surface area contributed by atoms with Crippen LogP contribution in [0.4, 0.5) is 5.69 Å². The van der Waals surface area contributed by atoms with Crippen LogP contribution in [0, 0.1) is 20.8 Å². The van der Waals surface area contributed by atoms with Crippen LogP contribution >= 0.6 is 0 Å². The number of aliphatic hydroxyl groups is 1. The third kappa shape index (κ3) is 3.81. The molecule has 20 heavy (non-hydrogen) atoms. The Hall–Kier alpha value is -1.39. The number of amides is 1. The molecule has 0 unspecified atom stereocenters. The molecular weight excluding hydrogens is 252 g/mol. The molecule has 4 nitrogen and oxygen atoms in total. The number of nitrogens with one attached hydrogen (secondary N) is 1. The fraction of sp³-hybridized carbons (Fsp3) is 0.562. The molecule has 0 radical (unpaired) electrons. The molecule has 110 valence electrons. The first kappa shape index (κ1) is 15.0. The van der Waals surface area contributed by atoms with Gasteiger partial charge < -0.3 is 10.4 Å². The molecule has 1 aliphatic heterocycles. The Morgan fingerprint density at radius 1 is 1.35 bits per heavy atom. The first-order chi connectivity index (χ1) is 9.45. The Balaban J connectivity index is 1.98. The highest BCUT2D eigenvalue weighted by Crippen LogP contribution is 2.22. The number of aliphatic hydroxyl groups excluding tert-OH is 1. The smallest absolute Gasteiger partial charge is 0.238 e. The summed E-state index contributed by atoms with van der Waals surface area (Å²) in [5.74, 6) is -0.00541. The molecule has 2 rings (SSSR count). The molecule has 1 aliphatic rings. The number of likely N-dealkylation sites (tertiary alicyclic amines) is 1. The molecular formula is C16H24N2O2. The van der Waals surface area contributed by atoms with Gasteiger partial charge in [0.25, 0.3) is 0 Å². The van der Waals surface area contributed by atoms with Gasteiger partial charge in [0, 0.05) is 12.2 Å². The molecule has 1 aromatic carbocycles. The van der Waals surface area contributed by atoms with Crippen LogP contribution in [0.1, 0.15) is 29.5 Å². The van der Waals surface area contributed by atoms with Crippen LogP contribution in [0.3, 0.4) is 0 Å². The lowest BCUT2D eigenvalue weighted by atomic mass is 10.0. The second-order valence-corrected chi connectivity index (χ2v) is 5.85. The second-order valence-electron chi connectivity index (χ2n) is 5.85. The highest BCUT2D eigenvalue weighted by Gasteiger charge is 2.20. The van der Waals surface area contributed by atoms with Gasteiger partial charge in [0.1, 0.15) is 0 Å². The maximum atomic E-state index is 12.1. The SMILES string of the molecule is Cc1cc(C)c(NC(=O)CN2CCC[C@H](O)C2)c(C)c1. The summed E-state index contributed by atoms with van der Waals surface area (Å²) in [7, 11) is 0. The fourth-order valence-electron chi connectivity index (χ4n) is 2.93. The summed E-state index contributed by atoms with van der Waals surface area (Å²) in [4.78, 5) is 14.2. The predicted octanol–water partition coefficient (Wildman–Crippen LogP) is 2.01. The Kier molecular flexibility index (Phi) is 4.78. The summed E-state index contributed by atoms with van der Waals surface area (Å²) >= 11 is 0. The monoisotopic (exact) mass is 276 g/mol. The van der Waals surface area contributed by atoms with Gasteiger partial charge in [0.2, 0.25) is 5.91 Å². The molecule has 0 aromatic heterocycles. The summed E-state index contributed by atoms with van der Waals surface area (Å²) in [6.07, 6.45) is 1.50. The highest BCUT2D eigenvalue weighted by molar-refractivity contribution is 5.93. The third-order valence-electron chi connectivity index (χ3n) is 3.79. The highest BCUT2D eigenvalue weighted by atomic mass is 16.3. The van der Waals surface area contributed by atoms with Gasteiger partial charge in [-0.1, -0.05) is 17.7 Å². The predicted molar refractivity (Wildman–Crippen MR) is 81.0 cm³/mol. The van der Waals surface area contributed by atoms with Crippen molar-refractivity contribution in [3.05, 3.63) is 28.8 Å². The Labute approximate surface area is 120 Å². The van der Waals surface area contributed by atoms with Crippen LogP contribution in [0.15, 0.2) is 12.1 Å². The minimum absolute atomic E-state index is 0.00541. The number of β-amino-alcohol motifs (C(OH)–C–C–N with tert-alkyl or cyclic N) is 1. The molecule has 1 heterocycles. The van der Waals surface area contributed by atoms with Crippen molar-refractivity contribution in [1.29, 1.82) is 0 Å². The maximum absolute atomic E-state index is 12.1. The van der Waals surface area contributed by atoms with E-state index in [1.165, 1.54) is 5.56 Å². The number of rotatable bonds is 3. The van der Waals surface area contributed by atoms with Crippen molar-refractivity contribution in [3.63, 3.8) is 0 Å². The first-order valence-electron chi connectivity index (χ1n) is 7.24. The molecule has 1 aromatic rings. The summed E-state index contributed by atoms with van der Waals surface area (Å²) < 4.78 is 0. The minimum atomic E-state index is -0.292. The van der Waals surface area contributed by atoms with Crippen LogP contribution in [0.2, 0.25) is 0 Å². The molecule has 1 fully saturated rings. The van der Waals surface area contributed by atoms with Crippen molar-refractivity contribution in [1.82, 2.24) is 4.90 Å². The quantitative estimate of drug-likeness (QED) is 0.888. The van der Waals surface area contributed by atoms with Crippen molar-refractivity contribution < 1.29 is 9.90 Å². The zero-order chi connectivity index (χ0) is 14.7. The van der Waals surface area contributed by atoms with Crippen LogP contribution in [-0.2, 0) is 4.79 Å². The van der Waals surface area contributed by atoms with Gasteiger partial charge in [-0.2, -0.15) is 0 Å².